The van der Waals surface area contributed by atoms with E-state index in [0.29, 0.717) is 39.3 Å². The molecular weight excluding hydrogens is 350 g/mol. The maximum absolute atomic E-state index is 11.1. The number of nitrogens with one attached hydrogen (secondary N) is 2. The van der Waals surface area contributed by atoms with Gasteiger partial charge in [-0.3, -0.25) is 29.0 Å². The summed E-state index contributed by atoms with van der Waals surface area (Å²) >= 11 is 0. The minimum Gasteiger partial charge on any atom is -0.480 e. The van der Waals surface area contributed by atoms with Crippen molar-refractivity contribution in [2.24, 2.45) is 5.73 Å². The first kappa shape index (κ1) is 23.7. The normalized spacial score (nSPS) is 11.0. The molecule has 12 heteroatoms. The number of carbonyl (C=O) groups excluding carboxylic acids is 1. The second kappa shape index (κ2) is 13.9. The summed E-state index contributed by atoms with van der Waals surface area (Å²) in [7, 11) is 0. The zero-order valence-electron chi connectivity index (χ0n) is 14.5. The lowest BCUT2D eigenvalue weighted by Gasteiger charge is -2.26. The Kier molecular flexibility index (Phi) is 12.7. The number of carboxylic acid groups (broad SMARTS) is 3. The summed E-state index contributed by atoms with van der Waals surface area (Å²) in [5.74, 6) is -3.56. The quantitative estimate of drug-likeness (QED) is 0.138. The Labute approximate surface area is 150 Å². The molecule has 0 aliphatic rings. The predicted octanol–water partition coefficient (Wildman–Crippen LogP) is -3.49. The van der Waals surface area contributed by atoms with Crippen LogP contribution in [0.1, 0.15) is 0 Å². The zero-order chi connectivity index (χ0) is 19.9. The van der Waals surface area contributed by atoms with E-state index in [1.807, 2.05) is 0 Å². The molecule has 0 spiro atoms. The number of rotatable bonds is 17. The van der Waals surface area contributed by atoms with Crippen LogP contribution in [0.2, 0.25) is 0 Å². The number of amides is 1. The van der Waals surface area contributed by atoms with Crippen LogP contribution in [-0.4, -0.2) is 114 Å². The van der Waals surface area contributed by atoms with Crippen LogP contribution in [0.15, 0.2) is 0 Å². The molecule has 0 saturated heterocycles. The topological polar surface area (TPSA) is 186 Å². The van der Waals surface area contributed by atoms with E-state index in [1.54, 1.807) is 9.80 Å². The molecule has 7 N–H and O–H groups in total. The van der Waals surface area contributed by atoms with Gasteiger partial charge in [-0.1, -0.05) is 0 Å². The van der Waals surface area contributed by atoms with Crippen LogP contribution in [0, 0.1) is 0 Å². The summed E-state index contributed by atoms with van der Waals surface area (Å²) in [4.78, 5) is 46.3. The summed E-state index contributed by atoms with van der Waals surface area (Å²) in [6, 6.07) is 0. The Morgan fingerprint density at radius 3 is 1.46 bits per heavy atom. The molecule has 0 fully saturated rings. The molecule has 0 aliphatic carbocycles. The van der Waals surface area contributed by atoms with Crippen molar-refractivity contribution < 1.29 is 34.5 Å². The Bertz CT molecular complexity index is 433. The van der Waals surface area contributed by atoms with Gasteiger partial charge in [-0.25, -0.2) is 0 Å². The molecule has 0 radical (unpaired) electrons. The van der Waals surface area contributed by atoms with Crippen LogP contribution in [0.4, 0.5) is 0 Å². The first-order valence-electron chi connectivity index (χ1n) is 8.00. The number of hydrogen-bond acceptors (Lipinski definition) is 8. The van der Waals surface area contributed by atoms with Crippen LogP contribution in [0.5, 0.6) is 0 Å². The summed E-state index contributed by atoms with van der Waals surface area (Å²) in [5, 5.41) is 31.4. The molecule has 150 valence electrons. The lowest BCUT2D eigenvalue weighted by molar-refractivity contribution is -0.139. The molecule has 0 saturated carbocycles. The predicted molar refractivity (Wildman–Crippen MR) is 90.7 cm³/mol. The Hall–Kier alpha value is -2.28. The summed E-state index contributed by atoms with van der Waals surface area (Å²) in [6.07, 6.45) is 0. The number of aliphatic carboxylic acids is 3. The molecule has 0 atom stereocenters. The number of hydrogen-bond donors (Lipinski definition) is 6. The van der Waals surface area contributed by atoms with Gasteiger partial charge in [0.05, 0.1) is 26.2 Å². The molecule has 0 heterocycles. The van der Waals surface area contributed by atoms with Gasteiger partial charge in [0.2, 0.25) is 5.91 Å². The van der Waals surface area contributed by atoms with Crippen molar-refractivity contribution in [3.05, 3.63) is 0 Å². The van der Waals surface area contributed by atoms with Crippen LogP contribution in [0.3, 0.4) is 0 Å². The summed E-state index contributed by atoms with van der Waals surface area (Å²) in [5.41, 5.74) is 5.19. The smallest absolute Gasteiger partial charge is 0.317 e. The largest absolute Gasteiger partial charge is 0.480 e. The molecule has 0 rings (SSSR count). The molecule has 0 bridgehead atoms. The van der Waals surface area contributed by atoms with Gasteiger partial charge in [0.25, 0.3) is 0 Å². The molecule has 26 heavy (non-hydrogen) atoms. The first-order valence-corrected chi connectivity index (χ1v) is 8.00. The van der Waals surface area contributed by atoms with E-state index in [0.717, 1.165) is 0 Å². The van der Waals surface area contributed by atoms with Gasteiger partial charge in [-0.15, -0.1) is 0 Å². The molecule has 12 nitrogen and oxygen atoms in total. The van der Waals surface area contributed by atoms with Crippen molar-refractivity contribution in [3.63, 3.8) is 0 Å². The lowest BCUT2D eigenvalue weighted by Crippen LogP contribution is -2.45. The van der Waals surface area contributed by atoms with E-state index in [2.05, 4.69) is 10.6 Å². The highest BCUT2D eigenvalue weighted by molar-refractivity contribution is 5.75. The number of carboxylic acids is 3. The Morgan fingerprint density at radius 2 is 1.12 bits per heavy atom. The fourth-order valence-corrected chi connectivity index (χ4v) is 2.10. The van der Waals surface area contributed by atoms with E-state index >= 15 is 0 Å². The second-order valence-corrected chi connectivity index (χ2v) is 5.55. The van der Waals surface area contributed by atoms with Crippen LogP contribution >= 0.6 is 0 Å². The van der Waals surface area contributed by atoms with Crippen molar-refractivity contribution in [2.75, 3.05) is 65.4 Å². The minimum atomic E-state index is -1.02. The molecule has 0 aromatic heterocycles. The highest BCUT2D eigenvalue weighted by Crippen LogP contribution is 1.93. The van der Waals surface area contributed by atoms with Gasteiger partial charge in [0.15, 0.2) is 0 Å². The van der Waals surface area contributed by atoms with Gasteiger partial charge >= 0.3 is 17.9 Å². The Balaban J connectivity index is 4.41. The van der Waals surface area contributed by atoms with E-state index in [-0.39, 0.29) is 26.2 Å². The molecule has 1 amide bonds. The van der Waals surface area contributed by atoms with Crippen LogP contribution in [0.25, 0.3) is 0 Å². The van der Waals surface area contributed by atoms with Crippen LogP contribution < -0.4 is 16.4 Å². The third kappa shape index (κ3) is 15.3. The average molecular weight is 377 g/mol. The molecule has 0 unspecified atom stereocenters. The van der Waals surface area contributed by atoms with Crippen LogP contribution in [-0.2, 0) is 19.2 Å². The van der Waals surface area contributed by atoms with Gasteiger partial charge < -0.3 is 31.7 Å². The SMILES string of the molecule is NC(=O)CN(CCNCC(=O)O)CCN(CCNCC(=O)O)CC(=O)O. The van der Waals surface area contributed by atoms with E-state index in [1.165, 1.54) is 0 Å². The zero-order valence-corrected chi connectivity index (χ0v) is 14.5. The third-order valence-electron chi connectivity index (χ3n) is 3.23. The summed E-state index contributed by atoms with van der Waals surface area (Å²) < 4.78 is 0. The van der Waals surface area contributed by atoms with Gasteiger partial charge in [0, 0.05) is 39.3 Å². The van der Waals surface area contributed by atoms with Crippen molar-refractivity contribution in [3.8, 4) is 0 Å². The van der Waals surface area contributed by atoms with Gasteiger partial charge in [-0.2, -0.15) is 0 Å². The van der Waals surface area contributed by atoms with Gasteiger partial charge in [-0.05, 0) is 0 Å². The highest BCUT2D eigenvalue weighted by Gasteiger charge is 2.14. The standard InChI is InChI=1S/C14H27N5O7/c15-11(20)9-18(3-1-16-7-12(21)22)5-6-19(10-14(25)26)4-2-17-8-13(23)24/h16-17H,1-10H2,(H2,15,20)(H,21,22)(H,23,24)(H,25,26). The number of nitrogens with two attached hydrogens (primary N) is 1. The Morgan fingerprint density at radius 1 is 0.692 bits per heavy atom. The molecule has 0 aliphatic heterocycles. The fraction of sp³-hybridized carbons (Fsp3) is 0.714. The van der Waals surface area contributed by atoms with Crippen molar-refractivity contribution >= 4 is 23.8 Å². The first-order chi connectivity index (χ1) is 12.2. The number of carbonyl (C=O) groups is 4. The van der Waals surface area contributed by atoms with Crippen molar-refractivity contribution in [1.29, 1.82) is 0 Å². The maximum atomic E-state index is 11.1. The summed E-state index contributed by atoms with van der Waals surface area (Å²) in [6.45, 7) is 1.32. The molecule has 0 aromatic carbocycles. The minimum absolute atomic E-state index is 0.0348. The van der Waals surface area contributed by atoms with Gasteiger partial charge in [0.1, 0.15) is 0 Å². The third-order valence-corrected chi connectivity index (χ3v) is 3.23. The fourth-order valence-electron chi connectivity index (χ4n) is 2.10. The van der Waals surface area contributed by atoms with Crippen molar-refractivity contribution in [2.45, 2.75) is 0 Å². The number of nitrogens with zero attached hydrogens (tertiary/aromatic N) is 2. The van der Waals surface area contributed by atoms with E-state index in [4.69, 9.17) is 21.1 Å². The van der Waals surface area contributed by atoms with Crippen molar-refractivity contribution in [1.82, 2.24) is 20.4 Å². The monoisotopic (exact) mass is 377 g/mol. The maximum Gasteiger partial charge on any atom is 0.317 e. The van der Waals surface area contributed by atoms with E-state index < -0.39 is 23.8 Å². The lowest BCUT2D eigenvalue weighted by atomic mass is 10.3. The number of primary amides is 1. The average Bonchev–Trinajstić information content (AvgIpc) is 2.51. The molecular formula is C14H27N5O7. The highest BCUT2D eigenvalue weighted by atomic mass is 16.4. The molecule has 0 aromatic rings. The second-order valence-electron chi connectivity index (χ2n) is 5.55. The van der Waals surface area contributed by atoms with E-state index in [9.17, 15) is 19.2 Å².